The van der Waals surface area contributed by atoms with Crippen molar-refractivity contribution in [1.82, 2.24) is 9.80 Å². The molecule has 2 saturated heterocycles. The SMILES string of the molecule is CCC(CC)N1C(=O)CC(N2CCOC(C(=O)O)C2)C1=O. The smallest absolute Gasteiger partial charge is 0.334 e. The molecule has 2 heterocycles. The zero-order valence-corrected chi connectivity index (χ0v) is 12.4. The Hall–Kier alpha value is -1.47. The van der Waals surface area contributed by atoms with Crippen molar-refractivity contribution in [3.8, 4) is 0 Å². The summed E-state index contributed by atoms with van der Waals surface area (Å²) in [5.74, 6) is -1.38. The van der Waals surface area contributed by atoms with Crippen molar-refractivity contribution in [3.63, 3.8) is 0 Å². The standard InChI is InChI=1S/C14H22N2O5/c1-3-9(4-2)16-12(17)7-10(13(16)18)15-5-6-21-11(8-15)14(19)20/h9-11H,3-8H2,1-2H3,(H,19,20). The van der Waals surface area contributed by atoms with Gasteiger partial charge in [0.1, 0.15) is 0 Å². The van der Waals surface area contributed by atoms with Gasteiger partial charge >= 0.3 is 5.97 Å². The lowest BCUT2D eigenvalue weighted by Crippen LogP contribution is -2.53. The zero-order chi connectivity index (χ0) is 15.6. The molecule has 0 aromatic carbocycles. The van der Waals surface area contributed by atoms with Gasteiger partial charge in [0, 0.05) is 19.1 Å². The van der Waals surface area contributed by atoms with Crippen LogP contribution in [0, 0.1) is 0 Å². The van der Waals surface area contributed by atoms with Crippen LogP contribution in [0.15, 0.2) is 0 Å². The third-order valence-corrected chi connectivity index (χ3v) is 4.28. The molecule has 0 saturated carbocycles. The molecule has 2 atom stereocenters. The summed E-state index contributed by atoms with van der Waals surface area (Å²) in [5, 5.41) is 9.02. The van der Waals surface area contributed by atoms with Crippen molar-refractivity contribution in [2.45, 2.75) is 51.3 Å². The van der Waals surface area contributed by atoms with Gasteiger partial charge in [0.2, 0.25) is 11.8 Å². The number of nitrogens with zero attached hydrogens (tertiary/aromatic N) is 2. The molecule has 0 radical (unpaired) electrons. The molecule has 7 heteroatoms. The first-order valence-corrected chi connectivity index (χ1v) is 7.43. The normalized spacial score (nSPS) is 27.7. The molecule has 0 aliphatic carbocycles. The quantitative estimate of drug-likeness (QED) is 0.724. The lowest BCUT2D eigenvalue weighted by Gasteiger charge is -2.34. The van der Waals surface area contributed by atoms with Crippen LogP contribution in [-0.4, -0.2) is 70.6 Å². The van der Waals surface area contributed by atoms with Crippen LogP contribution in [-0.2, 0) is 19.1 Å². The maximum absolute atomic E-state index is 12.5. The number of amides is 2. The van der Waals surface area contributed by atoms with E-state index in [0.717, 1.165) is 12.8 Å². The molecular weight excluding hydrogens is 276 g/mol. The maximum atomic E-state index is 12.5. The Balaban J connectivity index is 2.09. The van der Waals surface area contributed by atoms with Crippen molar-refractivity contribution in [1.29, 1.82) is 0 Å². The fourth-order valence-electron chi connectivity index (χ4n) is 3.06. The number of carboxylic acids is 1. The third kappa shape index (κ3) is 3.08. The highest BCUT2D eigenvalue weighted by atomic mass is 16.5. The maximum Gasteiger partial charge on any atom is 0.334 e. The molecule has 2 fully saturated rings. The first-order valence-electron chi connectivity index (χ1n) is 7.43. The largest absolute Gasteiger partial charge is 0.479 e. The average Bonchev–Trinajstić information content (AvgIpc) is 2.77. The fraction of sp³-hybridized carbons (Fsp3) is 0.786. The van der Waals surface area contributed by atoms with E-state index >= 15 is 0 Å². The van der Waals surface area contributed by atoms with E-state index in [9.17, 15) is 14.4 Å². The van der Waals surface area contributed by atoms with Crippen molar-refractivity contribution in [3.05, 3.63) is 0 Å². The van der Waals surface area contributed by atoms with Crippen molar-refractivity contribution < 1.29 is 24.2 Å². The molecule has 2 unspecified atom stereocenters. The van der Waals surface area contributed by atoms with E-state index < -0.39 is 18.1 Å². The Labute approximate surface area is 123 Å². The first kappa shape index (κ1) is 15.9. The van der Waals surface area contributed by atoms with Crippen LogP contribution in [0.5, 0.6) is 0 Å². The molecule has 0 bridgehead atoms. The second kappa shape index (κ2) is 6.53. The minimum Gasteiger partial charge on any atom is -0.479 e. The highest BCUT2D eigenvalue weighted by Gasteiger charge is 2.45. The third-order valence-electron chi connectivity index (χ3n) is 4.28. The number of morpholine rings is 1. The summed E-state index contributed by atoms with van der Waals surface area (Å²) < 4.78 is 5.16. The van der Waals surface area contributed by atoms with E-state index in [1.807, 2.05) is 13.8 Å². The van der Waals surface area contributed by atoms with E-state index in [2.05, 4.69) is 0 Å². The Kier molecular flexibility index (Phi) is 4.95. The summed E-state index contributed by atoms with van der Waals surface area (Å²) >= 11 is 0. The van der Waals surface area contributed by atoms with Gasteiger partial charge in [-0.3, -0.25) is 19.4 Å². The highest BCUT2D eigenvalue weighted by Crippen LogP contribution is 2.25. The van der Waals surface area contributed by atoms with Crippen LogP contribution in [0.1, 0.15) is 33.1 Å². The summed E-state index contributed by atoms with van der Waals surface area (Å²) in [5.41, 5.74) is 0. The van der Waals surface area contributed by atoms with Gasteiger partial charge in [-0.25, -0.2) is 4.79 Å². The minimum absolute atomic E-state index is 0.0636. The van der Waals surface area contributed by atoms with Gasteiger partial charge in [-0.2, -0.15) is 0 Å². The Morgan fingerprint density at radius 3 is 2.62 bits per heavy atom. The van der Waals surface area contributed by atoms with E-state index in [1.165, 1.54) is 4.90 Å². The Bertz CT molecular complexity index is 435. The van der Waals surface area contributed by atoms with Gasteiger partial charge in [-0.1, -0.05) is 13.8 Å². The minimum atomic E-state index is -1.03. The number of hydrogen-bond donors (Lipinski definition) is 1. The number of rotatable bonds is 5. The summed E-state index contributed by atoms with van der Waals surface area (Å²) in [7, 11) is 0. The lowest BCUT2D eigenvalue weighted by atomic mass is 10.1. The van der Waals surface area contributed by atoms with Gasteiger partial charge in [0.15, 0.2) is 6.10 Å². The van der Waals surface area contributed by atoms with Crippen molar-refractivity contribution in [2.24, 2.45) is 0 Å². The van der Waals surface area contributed by atoms with Crippen molar-refractivity contribution in [2.75, 3.05) is 19.7 Å². The predicted octanol–water partition coefficient (Wildman–Crippen LogP) is 0.0879. The van der Waals surface area contributed by atoms with Crippen LogP contribution in [0.4, 0.5) is 0 Å². The molecular formula is C14H22N2O5. The van der Waals surface area contributed by atoms with Gasteiger partial charge < -0.3 is 9.84 Å². The molecule has 118 valence electrons. The number of imide groups is 1. The molecule has 2 amide bonds. The van der Waals surface area contributed by atoms with E-state index in [4.69, 9.17) is 9.84 Å². The molecule has 0 spiro atoms. The summed E-state index contributed by atoms with van der Waals surface area (Å²) in [6, 6.07) is -0.602. The molecule has 2 rings (SSSR count). The summed E-state index contributed by atoms with van der Waals surface area (Å²) in [6.07, 6.45) is 0.689. The number of likely N-dealkylation sites (tertiary alicyclic amines) is 1. The average molecular weight is 298 g/mol. The molecule has 21 heavy (non-hydrogen) atoms. The lowest BCUT2D eigenvalue weighted by molar-refractivity contribution is -0.159. The Morgan fingerprint density at radius 1 is 1.38 bits per heavy atom. The number of hydrogen-bond acceptors (Lipinski definition) is 5. The predicted molar refractivity (Wildman–Crippen MR) is 73.6 cm³/mol. The van der Waals surface area contributed by atoms with Gasteiger partial charge in [-0.15, -0.1) is 0 Å². The second-order valence-corrected chi connectivity index (χ2v) is 5.48. The van der Waals surface area contributed by atoms with Gasteiger partial charge in [-0.05, 0) is 12.8 Å². The molecule has 2 aliphatic heterocycles. The zero-order valence-electron chi connectivity index (χ0n) is 12.4. The van der Waals surface area contributed by atoms with Crippen molar-refractivity contribution >= 4 is 17.8 Å². The van der Waals surface area contributed by atoms with Crippen LogP contribution in [0.3, 0.4) is 0 Å². The second-order valence-electron chi connectivity index (χ2n) is 5.48. The number of ether oxygens (including phenoxy) is 1. The number of carbonyl (C=O) groups is 3. The molecule has 2 aliphatic rings. The summed E-state index contributed by atoms with van der Waals surface area (Å²) in [4.78, 5) is 38.8. The molecule has 7 nitrogen and oxygen atoms in total. The highest BCUT2D eigenvalue weighted by molar-refractivity contribution is 6.05. The summed E-state index contributed by atoms with van der Waals surface area (Å²) in [6.45, 7) is 4.80. The fourth-order valence-corrected chi connectivity index (χ4v) is 3.06. The molecule has 0 aromatic rings. The van der Waals surface area contributed by atoms with Crippen LogP contribution >= 0.6 is 0 Å². The van der Waals surface area contributed by atoms with Crippen LogP contribution < -0.4 is 0 Å². The van der Waals surface area contributed by atoms with Gasteiger partial charge in [0.05, 0.1) is 19.1 Å². The topological polar surface area (TPSA) is 87.2 Å². The molecule has 0 aromatic heterocycles. The number of carboxylic acid groups (broad SMARTS) is 1. The monoisotopic (exact) mass is 298 g/mol. The van der Waals surface area contributed by atoms with Crippen LogP contribution in [0.25, 0.3) is 0 Å². The molecule has 1 N–H and O–H groups in total. The number of aliphatic carboxylic acids is 1. The first-order chi connectivity index (χ1) is 9.99. The van der Waals surface area contributed by atoms with Gasteiger partial charge in [0.25, 0.3) is 0 Å². The van der Waals surface area contributed by atoms with E-state index in [-0.39, 0.29) is 37.4 Å². The van der Waals surface area contributed by atoms with E-state index in [1.54, 1.807) is 4.90 Å². The van der Waals surface area contributed by atoms with Crippen LogP contribution in [0.2, 0.25) is 0 Å². The Morgan fingerprint density at radius 2 is 2.05 bits per heavy atom. The number of carbonyl (C=O) groups excluding carboxylic acids is 2. The van der Waals surface area contributed by atoms with E-state index in [0.29, 0.717) is 6.54 Å².